The first kappa shape index (κ1) is 14.4. The van der Waals surface area contributed by atoms with Gasteiger partial charge < -0.3 is 9.32 Å². The lowest BCUT2D eigenvalue weighted by atomic mass is 10.1. The number of hydrogen-bond donors (Lipinski definition) is 0. The molecular formula is C14H14ClNO4S. The fraction of sp³-hybridized carbons (Fsp3) is 0.357. The number of benzene rings is 1. The molecule has 5 nitrogen and oxygen atoms in total. The summed E-state index contributed by atoms with van der Waals surface area (Å²) in [7, 11) is -3.05. The number of furan rings is 1. The second-order valence-electron chi connectivity index (χ2n) is 5.22. The largest absolute Gasteiger partial charge is 0.463 e. The van der Waals surface area contributed by atoms with Gasteiger partial charge in [0.2, 0.25) is 0 Å². The van der Waals surface area contributed by atoms with Gasteiger partial charge in [-0.15, -0.1) is 0 Å². The summed E-state index contributed by atoms with van der Waals surface area (Å²) in [5.74, 6) is -0.188. The summed E-state index contributed by atoms with van der Waals surface area (Å²) in [5.41, 5.74) is 0.953. The van der Waals surface area contributed by atoms with E-state index >= 15 is 0 Å². The van der Waals surface area contributed by atoms with Gasteiger partial charge in [0, 0.05) is 18.0 Å². The lowest BCUT2D eigenvalue weighted by molar-refractivity contribution is 0.0714. The molecule has 21 heavy (non-hydrogen) atoms. The number of halogens is 1. The Morgan fingerprint density at radius 1 is 1.38 bits per heavy atom. The number of hydrogen-bond acceptors (Lipinski definition) is 4. The van der Waals surface area contributed by atoms with Crippen LogP contribution in [0, 0.1) is 0 Å². The summed E-state index contributed by atoms with van der Waals surface area (Å²) in [4.78, 5) is 14.3. The Hall–Kier alpha value is -1.53. The van der Waals surface area contributed by atoms with Crippen LogP contribution in [0.2, 0.25) is 5.02 Å². The Balaban J connectivity index is 1.98. The average Bonchev–Trinajstić information content (AvgIpc) is 2.87. The molecule has 0 aliphatic carbocycles. The van der Waals surface area contributed by atoms with Crippen molar-refractivity contribution in [3.05, 3.63) is 35.0 Å². The number of rotatable bonds is 1. The van der Waals surface area contributed by atoms with Gasteiger partial charge in [-0.1, -0.05) is 11.6 Å². The maximum absolute atomic E-state index is 12.7. The molecule has 0 N–H and O–H groups in total. The van der Waals surface area contributed by atoms with Crippen molar-refractivity contribution >= 4 is 38.3 Å². The molecule has 3 rings (SSSR count). The van der Waals surface area contributed by atoms with E-state index in [0.717, 1.165) is 0 Å². The topological polar surface area (TPSA) is 67.6 Å². The minimum Gasteiger partial charge on any atom is -0.463 e. The Bertz CT molecular complexity index is 811. The van der Waals surface area contributed by atoms with Crippen molar-refractivity contribution in [2.24, 2.45) is 0 Å². The second kappa shape index (κ2) is 5.03. The van der Waals surface area contributed by atoms with E-state index in [-0.39, 0.29) is 30.0 Å². The molecule has 1 aromatic heterocycles. The highest BCUT2D eigenvalue weighted by molar-refractivity contribution is 7.91. The number of fused-ring (bicyclic) bond motifs is 1. The zero-order chi connectivity index (χ0) is 15.2. The van der Waals surface area contributed by atoms with E-state index in [1.54, 1.807) is 30.0 Å². The van der Waals surface area contributed by atoms with E-state index in [4.69, 9.17) is 16.0 Å². The van der Waals surface area contributed by atoms with Crippen LogP contribution in [-0.2, 0) is 9.84 Å². The predicted octanol–water partition coefficient (Wildman–Crippen LogP) is 2.35. The zero-order valence-electron chi connectivity index (χ0n) is 11.4. The molecule has 112 valence electrons. The fourth-order valence-electron chi connectivity index (χ4n) is 2.67. The molecule has 0 spiro atoms. The first-order valence-corrected chi connectivity index (χ1v) is 8.76. The van der Waals surface area contributed by atoms with Crippen LogP contribution in [0.1, 0.15) is 17.3 Å². The zero-order valence-corrected chi connectivity index (χ0v) is 12.9. The standard InChI is InChI=1S/C14H14ClNO4S/c1-9-8-21(18,19)7-5-16(9)14(17)11-2-3-12(15)13-10(11)4-6-20-13/h2-4,6,9H,5,7-8H2,1H3. The molecule has 1 atom stereocenters. The molecule has 0 saturated carbocycles. The summed E-state index contributed by atoms with van der Waals surface area (Å²) in [6, 6.07) is 4.62. The van der Waals surface area contributed by atoms with Gasteiger partial charge in [0.25, 0.3) is 5.91 Å². The summed E-state index contributed by atoms with van der Waals surface area (Å²) in [5, 5.41) is 1.09. The highest BCUT2D eigenvalue weighted by Gasteiger charge is 2.32. The number of nitrogens with zero attached hydrogens (tertiary/aromatic N) is 1. The molecule has 1 aromatic carbocycles. The van der Waals surface area contributed by atoms with Gasteiger partial charge in [0.05, 0.1) is 28.4 Å². The molecule has 0 radical (unpaired) electrons. The third kappa shape index (κ3) is 2.53. The van der Waals surface area contributed by atoms with Gasteiger partial charge >= 0.3 is 0 Å². The maximum Gasteiger partial charge on any atom is 0.254 e. The van der Waals surface area contributed by atoms with Crippen molar-refractivity contribution in [1.82, 2.24) is 4.90 Å². The lowest BCUT2D eigenvalue weighted by Gasteiger charge is -2.33. The van der Waals surface area contributed by atoms with Crippen molar-refractivity contribution in [3.63, 3.8) is 0 Å². The number of carbonyl (C=O) groups is 1. The second-order valence-corrected chi connectivity index (χ2v) is 7.86. The van der Waals surface area contributed by atoms with Gasteiger partial charge in [0.1, 0.15) is 0 Å². The molecule has 7 heteroatoms. The Labute approximate surface area is 127 Å². The molecule has 1 saturated heterocycles. The van der Waals surface area contributed by atoms with E-state index in [9.17, 15) is 13.2 Å². The predicted molar refractivity (Wildman–Crippen MR) is 80.4 cm³/mol. The highest BCUT2D eigenvalue weighted by Crippen LogP contribution is 2.29. The minimum atomic E-state index is -3.05. The Morgan fingerprint density at radius 3 is 2.86 bits per heavy atom. The van der Waals surface area contributed by atoms with Crippen molar-refractivity contribution in [1.29, 1.82) is 0 Å². The highest BCUT2D eigenvalue weighted by atomic mass is 35.5. The maximum atomic E-state index is 12.7. The van der Waals surface area contributed by atoms with Crippen LogP contribution in [0.25, 0.3) is 11.0 Å². The van der Waals surface area contributed by atoms with Gasteiger partial charge in [-0.2, -0.15) is 0 Å². The molecule has 1 aliphatic rings. The summed E-state index contributed by atoms with van der Waals surface area (Å²) in [6.07, 6.45) is 1.48. The van der Waals surface area contributed by atoms with Gasteiger partial charge in [-0.05, 0) is 25.1 Å². The number of amides is 1. The van der Waals surface area contributed by atoms with E-state index in [1.165, 1.54) is 6.26 Å². The minimum absolute atomic E-state index is 0.000853. The first-order chi connectivity index (χ1) is 9.89. The van der Waals surface area contributed by atoms with Crippen molar-refractivity contribution in [2.75, 3.05) is 18.1 Å². The van der Waals surface area contributed by atoms with Crippen LogP contribution in [0.4, 0.5) is 0 Å². The van der Waals surface area contributed by atoms with Gasteiger partial charge in [-0.25, -0.2) is 8.42 Å². The van der Waals surface area contributed by atoms with E-state index in [0.29, 0.717) is 21.6 Å². The molecule has 2 aromatic rings. The molecule has 2 heterocycles. The third-order valence-electron chi connectivity index (χ3n) is 3.73. The smallest absolute Gasteiger partial charge is 0.254 e. The fourth-order valence-corrected chi connectivity index (χ4v) is 4.44. The SMILES string of the molecule is CC1CS(=O)(=O)CCN1C(=O)c1ccc(Cl)c2occc12. The average molecular weight is 328 g/mol. The third-order valence-corrected chi connectivity index (χ3v) is 5.82. The lowest BCUT2D eigenvalue weighted by Crippen LogP contribution is -2.49. The normalized spacial score (nSPS) is 21.6. The Morgan fingerprint density at radius 2 is 2.14 bits per heavy atom. The van der Waals surface area contributed by atoms with E-state index in [1.807, 2.05) is 0 Å². The van der Waals surface area contributed by atoms with Gasteiger partial charge in [0.15, 0.2) is 15.4 Å². The molecule has 1 aliphatic heterocycles. The van der Waals surface area contributed by atoms with Gasteiger partial charge in [-0.3, -0.25) is 4.79 Å². The van der Waals surface area contributed by atoms with E-state index in [2.05, 4.69) is 0 Å². The number of sulfone groups is 1. The van der Waals surface area contributed by atoms with Crippen LogP contribution in [0.3, 0.4) is 0 Å². The molecule has 1 unspecified atom stereocenters. The molecule has 1 fully saturated rings. The van der Waals surface area contributed by atoms with Crippen LogP contribution in [0.15, 0.2) is 28.9 Å². The quantitative estimate of drug-likeness (QED) is 0.806. The van der Waals surface area contributed by atoms with Crippen molar-refractivity contribution in [2.45, 2.75) is 13.0 Å². The number of carbonyl (C=O) groups excluding carboxylic acids is 1. The first-order valence-electron chi connectivity index (χ1n) is 6.56. The van der Waals surface area contributed by atoms with Crippen LogP contribution < -0.4 is 0 Å². The molecule has 1 amide bonds. The molecular weight excluding hydrogens is 314 g/mol. The Kier molecular flexibility index (Phi) is 3.45. The molecule has 0 bridgehead atoms. The summed E-state index contributed by atoms with van der Waals surface area (Å²) < 4.78 is 28.5. The van der Waals surface area contributed by atoms with Crippen molar-refractivity contribution in [3.8, 4) is 0 Å². The van der Waals surface area contributed by atoms with Crippen LogP contribution in [-0.4, -0.2) is 43.3 Å². The van der Waals surface area contributed by atoms with Crippen LogP contribution in [0.5, 0.6) is 0 Å². The monoisotopic (exact) mass is 327 g/mol. The van der Waals surface area contributed by atoms with E-state index < -0.39 is 9.84 Å². The summed E-state index contributed by atoms with van der Waals surface area (Å²) >= 11 is 6.03. The summed E-state index contributed by atoms with van der Waals surface area (Å²) in [6.45, 7) is 1.96. The van der Waals surface area contributed by atoms with Crippen molar-refractivity contribution < 1.29 is 17.6 Å². The van der Waals surface area contributed by atoms with Crippen LogP contribution >= 0.6 is 11.6 Å².